The molecule has 124 valence electrons. The lowest BCUT2D eigenvalue weighted by Gasteiger charge is -2.21. The van der Waals surface area contributed by atoms with Gasteiger partial charge in [-0.3, -0.25) is 4.79 Å². The molecule has 1 amide bonds. The lowest BCUT2D eigenvalue weighted by atomic mass is 10.1. The van der Waals surface area contributed by atoms with Gasteiger partial charge in [-0.1, -0.05) is 60.7 Å². The molecule has 3 nitrogen and oxygen atoms in total. The van der Waals surface area contributed by atoms with Crippen molar-refractivity contribution in [1.82, 2.24) is 0 Å². The average molecular weight is 329 g/mol. The fraction of sp³-hybridized carbons (Fsp3) is 0.0455. The molecule has 3 rings (SSSR count). The van der Waals surface area contributed by atoms with Crippen molar-refractivity contribution >= 4 is 17.7 Å². The Kier molecular flexibility index (Phi) is 5.27. The van der Waals surface area contributed by atoms with Crippen molar-refractivity contribution in [3.63, 3.8) is 0 Å². The van der Waals surface area contributed by atoms with Gasteiger partial charge >= 0.3 is 0 Å². The van der Waals surface area contributed by atoms with Crippen molar-refractivity contribution in [3.05, 3.63) is 102 Å². The molecule has 3 aromatic carbocycles. The van der Waals surface area contributed by atoms with Crippen molar-refractivity contribution in [1.29, 1.82) is 0 Å². The summed E-state index contributed by atoms with van der Waals surface area (Å²) in [5, 5.41) is 9.50. The van der Waals surface area contributed by atoms with E-state index in [-0.39, 0.29) is 11.7 Å². The number of amides is 1. The second kappa shape index (κ2) is 7.97. The Balaban J connectivity index is 1.86. The van der Waals surface area contributed by atoms with Gasteiger partial charge in [-0.25, -0.2) is 0 Å². The van der Waals surface area contributed by atoms with Crippen molar-refractivity contribution in [2.45, 2.75) is 6.54 Å². The normalized spacial score (nSPS) is 10.7. The highest BCUT2D eigenvalue weighted by Gasteiger charge is 2.14. The molecule has 0 saturated heterocycles. The summed E-state index contributed by atoms with van der Waals surface area (Å²) >= 11 is 0. The molecule has 25 heavy (non-hydrogen) atoms. The third-order valence-electron chi connectivity index (χ3n) is 3.83. The largest absolute Gasteiger partial charge is 0.508 e. The quantitative estimate of drug-likeness (QED) is 0.693. The second-order valence-corrected chi connectivity index (χ2v) is 5.67. The molecule has 0 fully saturated rings. The highest BCUT2D eigenvalue weighted by molar-refractivity contribution is 6.03. The predicted octanol–water partition coefficient (Wildman–Crippen LogP) is 4.64. The van der Waals surface area contributed by atoms with Gasteiger partial charge < -0.3 is 10.0 Å². The van der Waals surface area contributed by atoms with Crippen LogP contribution in [0.15, 0.2) is 91.0 Å². The van der Waals surface area contributed by atoms with Crippen LogP contribution in [0.5, 0.6) is 5.75 Å². The number of hydrogen-bond donors (Lipinski definition) is 1. The van der Waals surface area contributed by atoms with Gasteiger partial charge in [0, 0.05) is 11.8 Å². The van der Waals surface area contributed by atoms with Gasteiger partial charge in [0.15, 0.2) is 0 Å². The zero-order valence-corrected chi connectivity index (χ0v) is 13.7. The highest BCUT2D eigenvalue weighted by atomic mass is 16.3. The van der Waals surface area contributed by atoms with Crippen LogP contribution in [-0.4, -0.2) is 11.0 Å². The Morgan fingerprint density at radius 1 is 0.840 bits per heavy atom. The molecule has 0 aliphatic heterocycles. The van der Waals surface area contributed by atoms with Crippen LogP contribution in [-0.2, 0) is 11.3 Å². The van der Waals surface area contributed by atoms with E-state index in [1.54, 1.807) is 41.3 Å². The van der Waals surface area contributed by atoms with E-state index >= 15 is 0 Å². The monoisotopic (exact) mass is 329 g/mol. The first-order valence-corrected chi connectivity index (χ1v) is 8.10. The second-order valence-electron chi connectivity index (χ2n) is 5.67. The van der Waals surface area contributed by atoms with E-state index in [1.807, 2.05) is 60.7 Å². The Hall–Kier alpha value is -3.33. The molecule has 0 spiro atoms. The molecule has 0 bridgehead atoms. The third kappa shape index (κ3) is 4.58. The van der Waals surface area contributed by atoms with E-state index in [0.29, 0.717) is 6.54 Å². The molecule has 0 heterocycles. The molecule has 0 unspecified atom stereocenters. The molecule has 0 aromatic heterocycles. The Morgan fingerprint density at radius 3 is 2.08 bits per heavy atom. The average Bonchev–Trinajstić information content (AvgIpc) is 2.67. The van der Waals surface area contributed by atoms with Gasteiger partial charge in [0.25, 0.3) is 5.91 Å². The molecule has 1 N–H and O–H groups in total. The molecule has 3 heteroatoms. The van der Waals surface area contributed by atoms with Crippen LogP contribution in [0, 0.1) is 0 Å². The number of carbonyl (C=O) groups is 1. The lowest BCUT2D eigenvalue weighted by Crippen LogP contribution is -2.28. The number of aromatic hydroxyl groups is 1. The van der Waals surface area contributed by atoms with E-state index in [1.165, 1.54) is 0 Å². The van der Waals surface area contributed by atoms with Gasteiger partial charge in [0.2, 0.25) is 0 Å². The van der Waals surface area contributed by atoms with Crippen molar-refractivity contribution in [2.75, 3.05) is 4.90 Å². The lowest BCUT2D eigenvalue weighted by molar-refractivity contribution is -0.114. The molecule has 0 radical (unpaired) electrons. The van der Waals surface area contributed by atoms with E-state index in [4.69, 9.17) is 0 Å². The van der Waals surface area contributed by atoms with Crippen molar-refractivity contribution < 1.29 is 9.90 Å². The summed E-state index contributed by atoms with van der Waals surface area (Å²) in [4.78, 5) is 14.5. The van der Waals surface area contributed by atoms with Crippen LogP contribution in [0.4, 0.5) is 5.69 Å². The first kappa shape index (κ1) is 16.5. The number of phenolic OH excluding ortho intramolecular Hbond substituents is 1. The maximum Gasteiger partial charge on any atom is 0.251 e. The summed E-state index contributed by atoms with van der Waals surface area (Å²) in [5.74, 6) is 0.0640. The number of hydrogen-bond acceptors (Lipinski definition) is 2. The van der Waals surface area contributed by atoms with Gasteiger partial charge in [-0.2, -0.15) is 0 Å². The third-order valence-corrected chi connectivity index (χ3v) is 3.83. The fourth-order valence-corrected chi connectivity index (χ4v) is 2.52. The van der Waals surface area contributed by atoms with E-state index in [9.17, 15) is 9.90 Å². The fourth-order valence-electron chi connectivity index (χ4n) is 2.52. The smallest absolute Gasteiger partial charge is 0.251 e. The summed E-state index contributed by atoms with van der Waals surface area (Å²) < 4.78 is 0. The van der Waals surface area contributed by atoms with Crippen LogP contribution < -0.4 is 4.90 Å². The highest BCUT2D eigenvalue weighted by Crippen LogP contribution is 2.21. The number of benzene rings is 3. The van der Waals surface area contributed by atoms with Gasteiger partial charge in [-0.05, 0) is 41.5 Å². The minimum atomic E-state index is -0.113. The maximum absolute atomic E-state index is 12.8. The van der Waals surface area contributed by atoms with Crippen molar-refractivity contribution in [2.24, 2.45) is 0 Å². The topological polar surface area (TPSA) is 40.5 Å². The van der Waals surface area contributed by atoms with Crippen LogP contribution in [0.2, 0.25) is 0 Å². The standard InChI is InChI=1S/C22H19NO2/c24-21-14-12-20(13-15-21)23(17-19-9-5-2-6-10-19)22(25)16-11-18-7-3-1-4-8-18/h1-16,24H,17H2/b16-11+. The minimum absolute atomic E-state index is 0.113. The predicted molar refractivity (Wildman–Crippen MR) is 101 cm³/mol. The number of anilines is 1. The number of phenols is 1. The van der Waals surface area contributed by atoms with Gasteiger partial charge in [0.05, 0.1) is 6.54 Å². The zero-order chi connectivity index (χ0) is 17.5. The van der Waals surface area contributed by atoms with Crippen molar-refractivity contribution in [3.8, 4) is 5.75 Å². The molecule has 3 aromatic rings. The SMILES string of the molecule is O=C(/C=C/c1ccccc1)N(Cc1ccccc1)c1ccc(O)cc1. The summed E-state index contributed by atoms with van der Waals surface area (Å²) in [5.41, 5.74) is 2.75. The number of rotatable bonds is 5. The maximum atomic E-state index is 12.8. The molecule has 0 aliphatic rings. The number of carbonyl (C=O) groups excluding carboxylic acids is 1. The summed E-state index contributed by atoms with van der Waals surface area (Å²) in [6.07, 6.45) is 3.38. The van der Waals surface area contributed by atoms with E-state index < -0.39 is 0 Å². The molecule has 0 aliphatic carbocycles. The Morgan fingerprint density at radius 2 is 1.44 bits per heavy atom. The molecular formula is C22H19NO2. The van der Waals surface area contributed by atoms with E-state index in [2.05, 4.69) is 0 Å². The van der Waals surface area contributed by atoms with Gasteiger partial charge in [-0.15, -0.1) is 0 Å². The molecular weight excluding hydrogens is 310 g/mol. The van der Waals surface area contributed by atoms with Crippen LogP contribution >= 0.6 is 0 Å². The van der Waals surface area contributed by atoms with E-state index in [0.717, 1.165) is 16.8 Å². The molecule has 0 saturated carbocycles. The summed E-state index contributed by atoms with van der Waals surface area (Å²) in [6, 6.07) is 26.2. The first-order valence-electron chi connectivity index (χ1n) is 8.10. The summed E-state index contributed by atoms with van der Waals surface area (Å²) in [7, 11) is 0. The first-order chi connectivity index (χ1) is 12.2. The molecule has 0 atom stereocenters. The van der Waals surface area contributed by atoms with Crippen LogP contribution in [0.3, 0.4) is 0 Å². The Labute approximate surface area is 147 Å². The van der Waals surface area contributed by atoms with Crippen LogP contribution in [0.1, 0.15) is 11.1 Å². The van der Waals surface area contributed by atoms with Gasteiger partial charge in [0.1, 0.15) is 5.75 Å². The minimum Gasteiger partial charge on any atom is -0.508 e. The zero-order valence-electron chi connectivity index (χ0n) is 13.7. The van der Waals surface area contributed by atoms with Crippen LogP contribution in [0.25, 0.3) is 6.08 Å². The Bertz CT molecular complexity index is 840. The summed E-state index contributed by atoms with van der Waals surface area (Å²) in [6.45, 7) is 0.462. The number of nitrogens with zero attached hydrogens (tertiary/aromatic N) is 1.